The Labute approximate surface area is 284 Å². The Balaban J connectivity index is 1.15. The minimum atomic E-state index is 0.320. The van der Waals surface area contributed by atoms with Gasteiger partial charge in [-0.3, -0.25) is 4.57 Å². The lowest BCUT2D eigenvalue weighted by molar-refractivity contribution is 0.159. The average Bonchev–Trinajstić information content (AvgIpc) is 3.47. The number of rotatable bonds is 15. The predicted molar refractivity (Wildman–Crippen MR) is 193 cm³/mol. The molecular formula is C35H36N6O4S2. The second kappa shape index (κ2) is 16.0. The molecule has 0 fully saturated rings. The minimum Gasteiger partial charge on any atom is -0.493 e. The molecule has 10 nitrogen and oxygen atoms in total. The van der Waals surface area contributed by atoms with Gasteiger partial charge >= 0.3 is 0 Å². The molecule has 1 aromatic heterocycles. The van der Waals surface area contributed by atoms with E-state index < -0.39 is 0 Å². The number of aromatic amines is 1. The van der Waals surface area contributed by atoms with Crippen molar-refractivity contribution in [3.63, 3.8) is 0 Å². The molecule has 5 rings (SSSR count). The van der Waals surface area contributed by atoms with Gasteiger partial charge < -0.3 is 29.2 Å². The molecule has 0 unspecified atom stereocenters. The van der Waals surface area contributed by atoms with Gasteiger partial charge in [-0.25, -0.2) is 5.10 Å². The number of aliphatic imine (C=N–C) groups is 1. The first-order valence-electron chi connectivity index (χ1n) is 14.7. The number of benzene rings is 4. The standard InChI is InChI=1S/C35H36N6O4S2/c1-24(25-13-15-31(42-3)32(19-25)43-4)30-21-27(14-16-33(30)46)40(2)17-18-44-22-36-26-9-8-10-28(20-26)41-34(38-39-35(41)47)37-23-45-29-11-6-5-7-12-29/h5-16,19-21,23,36,46H,1,17-18,22H2,2-4H3,(H,39,47)/b37-23+. The average molecular weight is 669 g/mol. The molecule has 1 heterocycles. The zero-order valence-electron chi connectivity index (χ0n) is 26.3. The fourth-order valence-corrected chi connectivity index (χ4v) is 5.22. The summed E-state index contributed by atoms with van der Waals surface area (Å²) in [5.41, 5.74) is 5.36. The van der Waals surface area contributed by atoms with Gasteiger partial charge in [0.2, 0.25) is 4.77 Å². The topological polar surface area (TPSA) is 98.2 Å². The summed E-state index contributed by atoms with van der Waals surface area (Å²) >= 11 is 10.2. The van der Waals surface area contributed by atoms with Crippen LogP contribution in [0, 0.1) is 4.77 Å². The van der Waals surface area contributed by atoms with Crippen LogP contribution in [0.3, 0.4) is 0 Å². The molecule has 242 valence electrons. The van der Waals surface area contributed by atoms with Gasteiger partial charge in [0.25, 0.3) is 5.95 Å². The van der Waals surface area contributed by atoms with E-state index in [0.717, 1.165) is 38.7 Å². The van der Waals surface area contributed by atoms with Crippen molar-refractivity contribution in [2.75, 3.05) is 51.4 Å². The van der Waals surface area contributed by atoms with Crippen LogP contribution >= 0.6 is 24.8 Å². The van der Waals surface area contributed by atoms with Gasteiger partial charge in [0.1, 0.15) is 12.5 Å². The van der Waals surface area contributed by atoms with Crippen molar-refractivity contribution in [3.8, 4) is 22.9 Å². The van der Waals surface area contributed by atoms with Gasteiger partial charge in [0, 0.05) is 29.9 Å². The summed E-state index contributed by atoms with van der Waals surface area (Å²) in [5, 5.41) is 10.3. The normalized spacial score (nSPS) is 11.0. The van der Waals surface area contributed by atoms with Crippen LogP contribution in [0.2, 0.25) is 0 Å². The molecule has 0 atom stereocenters. The second-order valence-corrected chi connectivity index (χ2v) is 11.1. The van der Waals surface area contributed by atoms with Crippen LogP contribution in [0.25, 0.3) is 11.3 Å². The van der Waals surface area contributed by atoms with Gasteiger partial charge in [-0.1, -0.05) is 36.9 Å². The smallest absolute Gasteiger partial charge is 0.256 e. The number of aromatic nitrogens is 3. The van der Waals surface area contributed by atoms with Crippen molar-refractivity contribution >= 4 is 54.1 Å². The van der Waals surface area contributed by atoms with E-state index in [0.29, 0.717) is 47.9 Å². The molecule has 0 radical (unpaired) electrons. The molecule has 2 N–H and O–H groups in total. The number of nitrogens with one attached hydrogen (secondary N) is 2. The Kier molecular flexibility index (Phi) is 11.3. The highest BCUT2D eigenvalue weighted by atomic mass is 32.1. The van der Waals surface area contributed by atoms with Gasteiger partial charge in [-0.15, -0.1) is 17.7 Å². The van der Waals surface area contributed by atoms with Crippen molar-refractivity contribution < 1.29 is 18.9 Å². The van der Waals surface area contributed by atoms with E-state index in [9.17, 15) is 0 Å². The molecule has 47 heavy (non-hydrogen) atoms. The lowest BCUT2D eigenvalue weighted by Gasteiger charge is -2.21. The number of ether oxygens (including phenoxy) is 4. The fourth-order valence-electron chi connectivity index (χ4n) is 4.72. The van der Waals surface area contributed by atoms with Gasteiger partial charge in [-0.2, -0.15) is 4.99 Å². The van der Waals surface area contributed by atoms with Gasteiger partial charge in [0.05, 0.1) is 26.5 Å². The quantitative estimate of drug-likeness (QED) is 0.0263. The molecule has 0 amide bonds. The summed E-state index contributed by atoms with van der Waals surface area (Å²) in [6.07, 6.45) is 1.34. The van der Waals surface area contributed by atoms with Crippen molar-refractivity contribution in [1.82, 2.24) is 14.8 Å². The van der Waals surface area contributed by atoms with Crippen LogP contribution in [0.4, 0.5) is 17.3 Å². The lowest BCUT2D eigenvalue weighted by atomic mass is 9.98. The summed E-state index contributed by atoms with van der Waals surface area (Å²) < 4.78 is 24.5. The zero-order valence-corrected chi connectivity index (χ0v) is 28.1. The minimum absolute atomic E-state index is 0.320. The summed E-state index contributed by atoms with van der Waals surface area (Å²) in [4.78, 5) is 7.31. The molecule has 0 bridgehead atoms. The van der Waals surface area contributed by atoms with Crippen LogP contribution in [-0.2, 0) is 4.74 Å². The van der Waals surface area contributed by atoms with E-state index in [2.05, 4.69) is 38.1 Å². The zero-order chi connectivity index (χ0) is 33.2. The van der Waals surface area contributed by atoms with Crippen molar-refractivity contribution in [2.24, 2.45) is 4.99 Å². The van der Waals surface area contributed by atoms with Crippen molar-refractivity contribution in [1.29, 1.82) is 0 Å². The number of thiol groups is 1. The molecule has 0 saturated carbocycles. The molecule has 4 aromatic carbocycles. The number of para-hydroxylation sites is 1. The Bertz CT molecular complexity index is 1910. The highest BCUT2D eigenvalue weighted by Crippen LogP contribution is 2.35. The fraction of sp³-hybridized carbons (Fsp3) is 0.171. The molecule has 12 heteroatoms. The molecule has 0 aliphatic carbocycles. The first kappa shape index (κ1) is 33.3. The number of nitrogens with zero attached hydrogens (tertiary/aromatic N) is 4. The van der Waals surface area contributed by atoms with Crippen LogP contribution < -0.4 is 24.4 Å². The maximum Gasteiger partial charge on any atom is 0.256 e. The van der Waals surface area contributed by atoms with E-state index in [4.69, 9.17) is 43.8 Å². The molecule has 5 aromatic rings. The Morgan fingerprint density at radius 1 is 1.02 bits per heavy atom. The Morgan fingerprint density at radius 2 is 1.83 bits per heavy atom. The van der Waals surface area contributed by atoms with Crippen LogP contribution in [-0.4, -0.2) is 62.3 Å². The van der Waals surface area contributed by atoms with E-state index in [1.807, 2.05) is 92.0 Å². The van der Waals surface area contributed by atoms with E-state index in [-0.39, 0.29) is 0 Å². The number of methoxy groups -OCH3 is 2. The second-order valence-electron chi connectivity index (χ2n) is 10.3. The summed E-state index contributed by atoms with van der Waals surface area (Å²) in [6, 6.07) is 29.0. The first-order valence-corrected chi connectivity index (χ1v) is 15.5. The number of hydrogen-bond acceptors (Lipinski definition) is 10. The summed E-state index contributed by atoms with van der Waals surface area (Å²) in [5.74, 6) is 2.35. The number of anilines is 2. The van der Waals surface area contributed by atoms with Crippen LogP contribution in [0.5, 0.6) is 17.2 Å². The van der Waals surface area contributed by atoms with Crippen LogP contribution in [0.1, 0.15) is 11.1 Å². The van der Waals surface area contributed by atoms with E-state index in [1.165, 1.54) is 6.40 Å². The predicted octanol–water partition coefficient (Wildman–Crippen LogP) is 7.56. The molecule has 0 saturated heterocycles. The maximum absolute atomic E-state index is 5.92. The molecule has 0 aliphatic heterocycles. The highest BCUT2D eigenvalue weighted by molar-refractivity contribution is 7.80. The SMILES string of the molecule is C=C(c1ccc(OC)c(OC)c1)c1cc(N(C)CCOCNc2cccc(-n3c(/N=C/Oc4ccccc4)n[nH]c3=S)c2)ccc1S. The number of H-pyrrole nitrogens is 1. The van der Waals surface area contributed by atoms with Gasteiger partial charge in [-0.05, 0) is 89.6 Å². The highest BCUT2D eigenvalue weighted by Gasteiger charge is 2.13. The number of likely N-dealkylation sites (N-methyl/N-ethyl adjacent to an activating group) is 1. The molecule has 0 spiro atoms. The van der Waals surface area contributed by atoms with E-state index in [1.54, 1.807) is 18.8 Å². The third-order valence-electron chi connectivity index (χ3n) is 7.29. The monoisotopic (exact) mass is 668 g/mol. The lowest BCUT2D eigenvalue weighted by Crippen LogP contribution is -2.23. The van der Waals surface area contributed by atoms with Crippen molar-refractivity contribution in [2.45, 2.75) is 4.90 Å². The van der Waals surface area contributed by atoms with Gasteiger partial charge in [0.15, 0.2) is 17.9 Å². The Morgan fingerprint density at radius 3 is 2.62 bits per heavy atom. The third kappa shape index (κ3) is 8.41. The Hall–Kier alpha value is -5.04. The number of hydrogen-bond donors (Lipinski definition) is 3. The first-order chi connectivity index (χ1) is 22.9. The third-order valence-corrected chi connectivity index (χ3v) is 7.95. The molecule has 0 aliphatic rings. The maximum atomic E-state index is 5.92. The summed E-state index contributed by atoms with van der Waals surface area (Å²) in [7, 11) is 5.26. The largest absolute Gasteiger partial charge is 0.493 e. The van der Waals surface area contributed by atoms with E-state index >= 15 is 0 Å². The summed E-state index contributed by atoms with van der Waals surface area (Å²) in [6.45, 7) is 5.84. The van der Waals surface area contributed by atoms with Crippen LogP contribution in [0.15, 0.2) is 107 Å². The molecular weight excluding hydrogens is 633 g/mol. The van der Waals surface area contributed by atoms with Crippen molar-refractivity contribution in [3.05, 3.63) is 113 Å².